The summed E-state index contributed by atoms with van der Waals surface area (Å²) in [5.74, 6) is 0.548. The number of amides is 2. The number of allylic oxidation sites excluding steroid dienone is 2. The van der Waals surface area contributed by atoms with E-state index in [-0.39, 0.29) is 35.5 Å². The lowest BCUT2D eigenvalue weighted by Crippen LogP contribution is -2.38. The zero-order valence-electron chi connectivity index (χ0n) is 17.9. The Bertz CT molecular complexity index is 1130. The third-order valence-corrected chi connectivity index (χ3v) is 7.66. The molecule has 1 aliphatic heterocycles. The lowest BCUT2D eigenvalue weighted by atomic mass is 9.63. The lowest BCUT2D eigenvalue weighted by molar-refractivity contribution is -0.140. The van der Waals surface area contributed by atoms with Crippen LogP contribution < -0.4 is 9.47 Å². The summed E-state index contributed by atoms with van der Waals surface area (Å²) >= 11 is 8.12. The highest BCUT2D eigenvalue weighted by Gasteiger charge is 2.56. The Morgan fingerprint density at radius 1 is 1.09 bits per heavy atom. The fourth-order valence-corrected chi connectivity index (χ4v) is 5.89. The summed E-state index contributed by atoms with van der Waals surface area (Å²) in [6.45, 7) is 0.368. The number of methoxy groups -OCH3 is 1. The van der Waals surface area contributed by atoms with Crippen molar-refractivity contribution in [2.24, 2.45) is 28.8 Å². The van der Waals surface area contributed by atoms with E-state index in [1.807, 2.05) is 30.3 Å². The number of halogens is 2. The SMILES string of the molecule is COc1cc(/C=N\N2C(=O)[C@@H]3[C@H](C2=O)[C@H]2C=C[C@H]3CC2)cc(I)c1OCc1ccc(Cl)cc1. The van der Waals surface area contributed by atoms with Crippen LogP contribution in [0.1, 0.15) is 24.0 Å². The molecule has 1 saturated carbocycles. The maximum absolute atomic E-state index is 12.9. The summed E-state index contributed by atoms with van der Waals surface area (Å²) < 4.78 is 12.4. The average molecular weight is 577 g/mol. The predicted octanol–water partition coefficient (Wildman–Crippen LogP) is 5.06. The topological polar surface area (TPSA) is 68.2 Å². The molecule has 1 saturated heterocycles. The van der Waals surface area contributed by atoms with Crippen LogP contribution in [0.3, 0.4) is 0 Å². The van der Waals surface area contributed by atoms with Gasteiger partial charge in [0.25, 0.3) is 11.8 Å². The zero-order chi connectivity index (χ0) is 23.1. The van der Waals surface area contributed by atoms with Crippen LogP contribution in [0.25, 0.3) is 0 Å². The quantitative estimate of drug-likeness (QED) is 0.209. The van der Waals surface area contributed by atoms with Gasteiger partial charge < -0.3 is 9.47 Å². The van der Waals surface area contributed by atoms with E-state index < -0.39 is 0 Å². The number of hydrogen-bond donors (Lipinski definition) is 0. The molecule has 6 rings (SSSR count). The van der Waals surface area contributed by atoms with Crippen molar-refractivity contribution in [3.05, 3.63) is 68.3 Å². The molecule has 170 valence electrons. The van der Waals surface area contributed by atoms with E-state index in [9.17, 15) is 9.59 Å². The zero-order valence-corrected chi connectivity index (χ0v) is 20.8. The number of nitrogens with zero attached hydrogens (tertiary/aromatic N) is 2. The summed E-state index contributed by atoms with van der Waals surface area (Å²) in [5, 5.41) is 6.03. The van der Waals surface area contributed by atoms with Crippen molar-refractivity contribution in [2.75, 3.05) is 7.11 Å². The van der Waals surface area contributed by atoms with Crippen molar-refractivity contribution in [2.45, 2.75) is 19.4 Å². The number of rotatable bonds is 6. The molecule has 0 unspecified atom stereocenters. The number of ether oxygens (including phenoxy) is 2. The smallest absolute Gasteiger partial charge is 0.254 e. The standard InChI is InChI=1S/C25H22ClIN2O4/c1-32-20-11-15(10-19(27)23(20)33-13-14-2-8-18(26)9-3-14)12-28-29-24(30)21-16-4-5-17(7-6-16)22(21)25(29)31/h2-5,8-12,16-17,21-22H,6-7,13H2,1H3/b28-12-/t16-,17-,21-,22+/m0/s1. The third kappa shape index (κ3) is 4.17. The van der Waals surface area contributed by atoms with E-state index in [0.29, 0.717) is 28.7 Å². The number of hydrazone groups is 1. The molecule has 0 N–H and O–H groups in total. The van der Waals surface area contributed by atoms with Gasteiger partial charge in [-0.1, -0.05) is 35.9 Å². The first-order chi connectivity index (χ1) is 16.0. The molecule has 0 radical (unpaired) electrons. The summed E-state index contributed by atoms with van der Waals surface area (Å²) in [7, 11) is 1.57. The minimum absolute atomic E-state index is 0.148. The Hall–Kier alpha value is -2.39. The van der Waals surface area contributed by atoms with Crippen LogP contribution >= 0.6 is 34.2 Å². The number of hydrogen-bond acceptors (Lipinski definition) is 5. The van der Waals surface area contributed by atoms with Gasteiger partial charge in [0.15, 0.2) is 11.5 Å². The Morgan fingerprint density at radius 3 is 2.30 bits per heavy atom. The molecule has 8 heteroatoms. The van der Waals surface area contributed by atoms with Crippen LogP contribution in [0, 0.1) is 27.2 Å². The number of carbonyl (C=O) groups excluding carboxylic acids is 2. The monoisotopic (exact) mass is 576 g/mol. The van der Waals surface area contributed by atoms with Gasteiger partial charge in [-0.2, -0.15) is 10.1 Å². The van der Waals surface area contributed by atoms with Gasteiger partial charge >= 0.3 is 0 Å². The maximum atomic E-state index is 12.9. The van der Waals surface area contributed by atoms with Crippen molar-refractivity contribution in [1.82, 2.24) is 5.01 Å². The van der Waals surface area contributed by atoms with Crippen LogP contribution in [0.4, 0.5) is 0 Å². The highest BCUT2D eigenvalue weighted by atomic mass is 127. The van der Waals surface area contributed by atoms with E-state index in [1.165, 1.54) is 6.21 Å². The van der Waals surface area contributed by atoms with Gasteiger partial charge in [0.2, 0.25) is 0 Å². The fraction of sp³-hybridized carbons (Fsp3) is 0.320. The molecular weight excluding hydrogens is 555 g/mol. The molecule has 4 atom stereocenters. The van der Waals surface area contributed by atoms with E-state index in [1.54, 1.807) is 13.2 Å². The summed E-state index contributed by atoms with van der Waals surface area (Å²) in [6, 6.07) is 11.1. The minimum Gasteiger partial charge on any atom is -0.493 e. The fourth-order valence-electron chi connectivity index (χ4n) is 4.99. The number of fused-ring (bicyclic) bond motifs is 1. The van der Waals surface area contributed by atoms with Gasteiger partial charge in [-0.05, 0) is 82.7 Å². The van der Waals surface area contributed by atoms with Gasteiger partial charge in [-0.25, -0.2) is 0 Å². The third-order valence-electron chi connectivity index (χ3n) is 6.61. The molecule has 4 aliphatic rings. The van der Waals surface area contributed by atoms with Gasteiger partial charge in [0, 0.05) is 5.02 Å². The average Bonchev–Trinajstić information content (AvgIpc) is 3.10. The van der Waals surface area contributed by atoms with Gasteiger partial charge in [0.05, 0.1) is 28.7 Å². The first-order valence-corrected chi connectivity index (χ1v) is 12.3. The Labute approximate surface area is 210 Å². The highest BCUT2D eigenvalue weighted by Crippen LogP contribution is 2.49. The van der Waals surface area contributed by atoms with Crippen molar-refractivity contribution in [1.29, 1.82) is 0 Å². The van der Waals surface area contributed by atoms with Gasteiger partial charge in [0.1, 0.15) is 6.61 Å². The first kappa shape index (κ1) is 22.4. The van der Waals surface area contributed by atoms with Gasteiger partial charge in [-0.3, -0.25) is 9.59 Å². The van der Waals surface area contributed by atoms with Crippen molar-refractivity contribution < 1.29 is 19.1 Å². The molecule has 2 aromatic carbocycles. The van der Waals surface area contributed by atoms with Crippen LogP contribution in [0.15, 0.2) is 53.7 Å². The van der Waals surface area contributed by atoms with E-state index >= 15 is 0 Å². The van der Waals surface area contributed by atoms with E-state index in [4.69, 9.17) is 21.1 Å². The predicted molar refractivity (Wildman–Crippen MR) is 133 cm³/mol. The molecule has 2 aromatic rings. The highest BCUT2D eigenvalue weighted by molar-refractivity contribution is 14.1. The maximum Gasteiger partial charge on any atom is 0.254 e. The summed E-state index contributed by atoms with van der Waals surface area (Å²) in [4.78, 5) is 25.9. The second-order valence-electron chi connectivity index (χ2n) is 8.52. The molecule has 2 bridgehead atoms. The Kier molecular flexibility index (Phi) is 6.18. The number of benzene rings is 2. The van der Waals surface area contributed by atoms with Gasteiger partial charge in [-0.15, -0.1) is 0 Å². The number of imide groups is 1. The molecule has 2 fully saturated rings. The molecule has 3 aliphatic carbocycles. The summed E-state index contributed by atoms with van der Waals surface area (Å²) in [6.07, 6.45) is 7.67. The van der Waals surface area contributed by atoms with Crippen molar-refractivity contribution in [3.63, 3.8) is 0 Å². The normalized spacial score (nSPS) is 25.7. The Morgan fingerprint density at radius 2 is 1.73 bits per heavy atom. The van der Waals surface area contributed by atoms with Crippen molar-refractivity contribution >= 4 is 52.2 Å². The molecular formula is C25H22ClIN2O4. The Balaban J connectivity index is 1.34. The van der Waals surface area contributed by atoms with E-state index in [2.05, 4.69) is 39.8 Å². The van der Waals surface area contributed by atoms with Crippen LogP contribution in [0.5, 0.6) is 11.5 Å². The van der Waals surface area contributed by atoms with Crippen LogP contribution in [-0.2, 0) is 16.2 Å². The second-order valence-corrected chi connectivity index (χ2v) is 10.1. The molecule has 2 amide bonds. The minimum atomic E-state index is -0.267. The van der Waals surface area contributed by atoms with Crippen LogP contribution in [-0.4, -0.2) is 30.1 Å². The molecule has 33 heavy (non-hydrogen) atoms. The first-order valence-electron chi connectivity index (χ1n) is 10.8. The lowest BCUT2D eigenvalue weighted by Gasteiger charge is -2.37. The second kappa shape index (κ2) is 9.10. The molecule has 1 heterocycles. The largest absolute Gasteiger partial charge is 0.493 e. The summed E-state index contributed by atoms with van der Waals surface area (Å²) in [5.41, 5.74) is 1.70. The molecule has 0 aromatic heterocycles. The van der Waals surface area contributed by atoms with Crippen LogP contribution in [0.2, 0.25) is 5.02 Å². The molecule has 6 nitrogen and oxygen atoms in total. The van der Waals surface area contributed by atoms with E-state index in [0.717, 1.165) is 27.0 Å². The number of carbonyl (C=O) groups is 2. The van der Waals surface area contributed by atoms with Crippen molar-refractivity contribution in [3.8, 4) is 11.5 Å². The molecule has 0 spiro atoms.